The number of rotatable bonds is 7. The molecule has 0 spiro atoms. The molecular weight excluding hydrogens is 326 g/mol. The highest BCUT2D eigenvalue weighted by atomic mass is 79.9. The summed E-state index contributed by atoms with van der Waals surface area (Å²) in [7, 11) is 2.04. The molecule has 2 nitrogen and oxygen atoms in total. The standard InChI is InChI=1S/C18H30BrNO/c1-7-21-17-9-8-14(11-15(17)19)16(20-6)10-13(2)12-18(3,4)5/h8-9,11,13,16,20H,7,10,12H2,1-6H3. The fourth-order valence-electron chi connectivity index (χ4n) is 2.96. The number of hydrogen-bond acceptors (Lipinski definition) is 2. The SMILES string of the molecule is CCOc1ccc(C(CC(C)CC(C)(C)C)NC)cc1Br. The van der Waals surface area contributed by atoms with Crippen LogP contribution in [0.1, 0.15) is 59.1 Å². The topological polar surface area (TPSA) is 21.3 Å². The molecule has 0 aliphatic rings. The molecule has 2 unspecified atom stereocenters. The van der Waals surface area contributed by atoms with Crippen LogP contribution in [0.25, 0.3) is 0 Å². The van der Waals surface area contributed by atoms with Crippen molar-refractivity contribution in [2.75, 3.05) is 13.7 Å². The van der Waals surface area contributed by atoms with Gasteiger partial charge in [0.05, 0.1) is 11.1 Å². The predicted molar refractivity (Wildman–Crippen MR) is 95.0 cm³/mol. The molecule has 1 aromatic carbocycles. The van der Waals surface area contributed by atoms with E-state index in [1.807, 2.05) is 14.0 Å². The molecule has 21 heavy (non-hydrogen) atoms. The van der Waals surface area contributed by atoms with Gasteiger partial charge in [0.15, 0.2) is 0 Å². The second-order valence-electron chi connectivity index (χ2n) is 7.07. The van der Waals surface area contributed by atoms with Crippen LogP contribution in [0.4, 0.5) is 0 Å². The van der Waals surface area contributed by atoms with Crippen LogP contribution in [-0.4, -0.2) is 13.7 Å². The highest BCUT2D eigenvalue weighted by Gasteiger charge is 2.20. The summed E-state index contributed by atoms with van der Waals surface area (Å²) in [6.07, 6.45) is 2.39. The zero-order chi connectivity index (χ0) is 16.0. The van der Waals surface area contributed by atoms with E-state index in [-0.39, 0.29) is 0 Å². The molecule has 0 aliphatic carbocycles. The minimum atomic E-state index is 0.384. The lowest BCUT2D eigenvalue weighted by atomic mass is 9.82. The summed E-state index contributed by atoms with van der Waals surface area (Å²) in [6, 6.07) is 6.78. The van der Waals surface area contributed by atoms with Gasteiger partial charge in [-0.2, -0.15) is 0 Å². The Hall–Kier alpha value is -0.540. The first-order valence-corrected chi connectivity index (χ1v) is 8.65. The molecule has 0 radical (unpaired) electrons. The Balaban J connectivity index is 2.78. The number of nitrogens with one attached hydrogen (secondary N) is 1. The van der Waals surface area contributed by atoms with Gasteiger partial charge in [0.1, 0.15) is 5.75 Å². The first-order valence-electron chi connectivity index (χ1n) is 7.86. The number of halogens is 1. The zero-order valence-electron chi connectivity index (χ0n) is 14.3. The summed E-state index contributed by atoms with van der Waals surface area (Å²) in [5, 5.41) is 3.45. The molecular formula is C18H30BrNO. The lowest BCUT2D eigenvalue weighted by Crippen LogP contribution is -2.21. The van der Waals surface area contributed by atoms with E-state index in [2.05, 4.69) is 67.1 Å². The largest absolute Gasteiger partial charge is 0.493 e. The van der Waals surface area contributed by atoms with Crippen molar-refractivity contribution < 1.29 is 4.74 Å². The maximum Gasteiger partial charge on any atom is 0.133 e. The van der Waals surface area contributed by atoms with Crippen molar-refractivity contribution in [3.63, 3.8) is 0 Å². The maximum atomic E-state index is 5.58. The molecule has 0 heterocycles. The minimum Gasteiger partial charge on any atom is -0.493 e. The minimum absolute atomic E-state index is 0.384. The van der Waals surface area contributed by atoms with E-state index in [1.165, 1.54) is 12.0 Å². The maximum absolute atomic E-state index is 5.58. The molecule has 2 atom stereocenters. The summed E-state index contributed by atoms with van der Waals surface area (Å²) in [5.74, 6) is 1.60. The third kappa shape index (κ3) is 6.39. The van der Waals surface area contributed by atoms with Gasteiger partial charge in [0.2, 0.25) is 0 Å². The van der Waals surface area contributed by atoms with Gasteiger partial charge in [-0.25, -0.2) is 0 Å². The summed E-state index contributed by atoms with van der Waals surface area (Å²) >= 11 is 3.61. The highest BCUT2D eigenvalue weighted by Crippen LogP contribution is 2.33. The van der Waals surface area contributed by atoms with Crippen molar-refractivity contribution in [2.45, 2.75) is 53.5 Å². The third-order valence-corrected chi connectivity index (χ3v) is 4.23. The Bertz CT molecular complexity index is 439. The van der Waals surface area contributed by atoms with Crippen LogP contribution < -0.4 is 10.1 Å². The van der Waals surface area contributed by atoms with E-state index in [9.17, 15) is 0 Å². The van der Waals surface area contributed by atoms with Crippen LogP contribution in [0, 0.1) is 11.3 Å². The van der Waals surface area contributed by atoms with Crippen molar-refractivity contribution in [1.82, 2.24) is 5.32 Å². The number of hydrogen-bond donors (Lipinski definition) is 1. The van der Waals surface area contributed by atoms with Gasteiger partial charge in [-0.1, -0.05) is 33.8 Å². The number of ether oxygens (including phenoxy) is 1. The second-order valence-corrected chi connectivity index (χ2v) is 7.92. The molecule has 1 rings (SSSR count). The Labute approximate surface area is 138 Å². The Kier molecular flexibility index (Phi) is 7.22. The summed E-state index contributed by atoms with van der Waals surface area (Å²) in [4.78, 5) is 0. The molecule has 0 saturated carbocycles. The zero-order valence-corrected chi connectivity index (χ0v) is 15.9. The van der Waals surface area contributed by atoms with Crippen LogP contribution >= 0.6 is 15.9 Å². The smallest absolute Gasteiger partial charge is 0.133 e. The van der Waals surface area contributed by atoms with E-state index in [1.54, 1.807) is 0 Å². The van der Waals surface area contributed by atoms with Crippen molar-refractivity contribution in [2.24, 2.45) is 11.3 Å². The molecule has 1 aromatic rings. The highest BCUT2D eigenvalue weighted by molar-refractivity contribution is 9.10. The van der Waals surface area contributed by atoms with Crippen LogP contribution in [-0.2, 0) is 0 Å². The van der Waals surface area contributed by atoms with Gasteiger partial charge in [-0.3, -0.25) is 0 Å². The van der Waals surface area contributed by atoms with Crippen molar-refractivity contribution in [3.05, 3.63) is 28.2 Å². The molecule has 0 saturated heterocycles. The molecule has 0 aliphatic heterocycles. The molecule has 3 heteroatoms. The average Bonchev–Trinajstić information content (AvgIpc) is 2.36. The van der Waals surface area contributed by atoms with E-state index in [0.29, 0.717) is 24.0 Å². The van der Waals surface area contributed by atoms with Gasteiger partial charge in [0, 0.05) is 6.04 Å². The number of benzene rings is 1. The van der Waals surface area contributed by atoms with Gasteiger partial charge in [-0.05, 0) is 71.8 Å². The van der Waals surface area contributed by atoms with Gasteiger partial charge in [-0.15, -0.1) is 0 Å². The van der Waals surface area contributed by atoms with Gasteiger partial charge >= 0.3 is 0 Å². The lowest BCUT2D eigenvalue weighted by Gasteiger charge is -2.27. The molecule has 0 fully saturated rings. The Morgan fingerprint density at radius 1 is 1.29 bits per heavy atom. The fraction of sp³-hybridized carbons (Fsp3) is 0.667. The summed E-state index contributed by atoms with van der Waals surface area (Å²) in [6.45, 7) is 12.0. The molecule has 120 valence electrons. The third-order valence-electron chi connectivity index (χ3n) is 3.61. The molecule has 0 amide bonds. The molecule has 0 bridgehead atoms. The lowest BCUT2D eigenvalue weighted by molar-refractivity contribution is 0.279. The Morgan fingerprint density at radius 2 is 1.95 bits per heavy atom. The summed E-state index contributed by atoms with van der Waals surface area (Å²) < 4.78 is 6.62. The second kappa shape index (κ2) is 8.19. The van der Waals surface area contributed by atoms with E-state index in [0.717, 1.165) is 16.6 Å². The van der Waals surface area contributed by atoms with Crippen LogP contribution in [0.3, 0.4) is 0 Å². The predicted octanol–water partition coefficient (Wildman–Crippen LogP) is 5.57. The van der Waals surface area contributed by atoms with Crippen molar-refractivity contribution in [3.8, 4) is 5.75 Å². The normalized spacial score (nSPS) is 14.8. The van der Waals surface area contributed by atoms with Crippen LogP contribution in [0.15, 0.2) is 22.7 Å². The van der Waals surface area contributed by atoms with Crippen molar-refractivity contribution in [1.29, 1.82) is 0 Å². The van der Waals surface area contributed by atoms with Crippen LogP contribution in [0.2, 0.25) is 0 Å². The summed E-state index contributed by atoms with van der Waals surface area (Å²) in [5.41, 5.74) is 1.70. The van der Waals surface area contributed by atoms with Crippen molar-refractivity contribution >= 4 is 15.9 Å². The van der Waals surface area contributed by atoms with E-state index in [4.69, 9.17) is 4.74 Å². The van der Waals surface area contributed by atoms with E-state index >= 15 is 0 Å². The molecule has 1 N–H and O–H groups in total. The first kappa shape index (κ1) is 18.5. The van der Waals surface area contributed by atoms with Gasteiger partial charge < -0.3 is 10.1 Å². The van der Waals surface area contributed by atoms with Gasteiger partial charge in [0.25, 0.3) is 0 Å². The first-order chi connectivity index (χ1) is 9.76. The molecule has 0 aromatic heterocycles. The van der Waals surface area contributed by atoms with Crippen LogP contribution in [0.5, 0.6) is 5.75 Å². The average molecular weight is 356 g/mol. The fourth-order valence-corrected chi connectivity index (χ4v) is 3.47. The monoisotopic (exact) mass is 355 g/mol. The quantitative estimate of drug-likeness (QED) is 0.689. The van der Waals surface area contributed by atoms with E-state index < -0.39 is 0 Å². The Morgan fingerprint density at radius 3 is 2.43 bits per heavy atom.